The summed E-state index contributed by atoms with van der Waals surface area (Å²) in [7, 11) is 0. The second kappa shape index (κ2) is 2.56. The first-order chi connectivity index (χ1) is 4.20. The molecule has 0 aromatic rings. The summed E-state index contributed by atoms with van der Waals surface area (Å²) in [5.41, 5.74) is 7.88. The molecule has 0 aromatic carbocycles. The number of allylic oxidation sites excluding steroid dienone is 4. The van der Waals surface area contributed by atoms with E-state index < -0.39 is 0 Å². The molecule has 0 unspecified atom stereocenters. The third-order valence-corrected chi connectivity index (χ3v) is 2.14. The average molecular weight is 188 g/mol. The first-order valence-electron chi connectivity index (χ1n) is 3.01. The lowest BCUT2D eigenvalue weighted by Crippen LogP contribution is -2.03. The minimum absolute atomic E-state index is 1.00. The zero-order chi connectivity index (χ0) is 6.85. The quantitative estimate of drug-likeness (QED) is 0.620. The Morgan fingerprint density at radius 3 is 2.67 bits per heavy atom. The SMILES string of the molecule is CC1=C(N)CCC(Br)=C1. The normalized spacial score (nSPS) is 20.0. The van der Waals surface area contributed by atoms with Crippen LogP contribution < -0.4 is 5.73 Å². The van der Waals surface area contributed by atoms with Crippen LogP contribution >= 0.6 is 15.9 Å². The van der Waals surface area contributed by atoms with E-state index in [0.717, 1.165) is 18.5 Å². The van der Waals surface area contributed by atoms with E-state index in [0.29, 0.717) is 0 Å². The van der Waals surface area contributed by atoms with Crippen molar-refractivity contribution in [1.82, 2.24) is 0 Å². The Morgan fingerprint density at radius 2 is 2.22 bits per heavy atom. The van der Waals surface area contributed by atoms with Crippen molar-refractivity contribution < 1.29 is 0 Å². The van der Waals surface area contributed by atoms with Crippen molar-refractivity contribution in [2.75, 3.05) is 0 Å². The molecule has 0 heterocycles. The van der Waals surface area contributed by atoms with Crippen molar-refractivity contribution in [2.24, 2.45) is 5.73 Å². The fourth-order valence-electron chi connectivity index (χ4n) is 0.851. The maximum absolute atomic E-state index is 5.65. The van der Waals surface area contributed by atoms with Crippen molar-refractivity contribution in [3.8, 4) is 0 Å². The Labute approximate surface area is 63.8 Å². The maximum Gasteiger partial charge on any atom is 0.0114 e. The van der Waals surface area contributed by atoms with Crippen LogP contribution in [-0.4, -0.2) is 0 Å². The van der Waals surface area contributed by atoms with Crippen LogP contribution in [0.3, 0.4) is 0 Å². The molecule has 0 aliphatic heterocycles. The summed E-state index contributed by atoms with van der Waals surface area (Å²) in [6.45, 7) is 2.04. The monoisotopic (exact) mass is 187 g/mol. The Kier molecular flexibility index (Phi) is 1.96. The van der Waals surface area contributed by atoms with Crippen molar-refractivity contribution >= 4 is 15.9 Å². The van der Waals surface area contributed by atoms with Gasteiger partial charge in [-0.2, -0.15) is 0 Å². The lowest BCUT2D eigenvalue weighted by atomic mass is 10.1. The van der Waals surface area contributed by atoms with Gasteiger partial charge in [0.15, 0.2) is 0 Å². The number of nitrogens with two attached hydrogens (primary N) is 1. The molecule has 0 bridgehead atoms. The molecule has 0 saturated carbocycles. The van der Waals surface area contributed by atoms with E-state index in [2.05, 4.69) is 22.0 Å². The predicted octanol–water partition coefficient (Wildman–Crippen LogP) is 2.29. The van der Waals surface area contributed by atoms with Gasteiger partial charge in [0, 0.05) is 5.70 Å². The number of rotatable bonds is 0. The lowest BCUT2D eigenvalue weighted by molar-refractivity contribution is 0.914. The summed E-state index contributed by atoms with van der Waals surface area (Å²) >= 11 is 3.43. The van der Waals surface area contributed by atoms with Gasteiger partial charge in [-0.1, -0.05) is 15.9 Å². The summed E-state index contributed by atoms with van der Waals surface area (Å²) in [4.78, 5) is 0. The second-order valence-electron chi connectivity index (χ2n) is 2.30. The molecule has 1 aliphatic rings. The van der Waals surface area contributed by atoms with Crippen LogP contribution in [0, 0.1) is 0 Å². The average Bonchev–Trinajstić information content (AvgIpc) is 1.80. The van der Waals surface area contributed by atoms with Crippen LogP contribution in [0.25, 0.3) is 0 Å². The van der Waals surface area contributed by atoms with Crippen LogP contribution in [-0.2, 0) is 0 Å². The summed E-state index contributed by atoms with van der Waals surface area (Å²) in [5, 5.41) is 0. The number of hydrogen-bond donors (Lipinski definition) is 1. The van der Waals surface area contributed by atoms with E-state index in [9.17, 15) is 0 Å². The lowest BCUT2D eigenvalue weighted by Gasteiger charge is -2.10. The molecule has 1 rings (SSSR count). The Bertz CT molecular complexity index is 179. The highest BCUT2D eigenvalue weighted by atomic mass is 79.9. The summed E-state index contributed by atoms with van der Waals surface area (Å²) in [6.07, 6.45) is 4.14. The highest BCUT2D eigenvalue weighted by Gasteiger charge is 2.03. The van der Waals surface area contributed by atoms with E-state index in [-0.39, 0.29) is 0 Å². The van der Waals surface area contributed by atoms with E-state index in [1.165, 1.54) is 10.1 Å². The van der Waals surface area contributed by atoms with Crippen molar-refractivity contribution in [3.63, 3.8) is 0 Å². The highest BCUT2D eigenvalue weighted by Crippen LogP contribution is 2.23. The molecule has 9 heavy (non-hydrogen) atoms. The molecule has 1 aliphatic carbocycles. The molecule has 2 N–H and O–H groups in total. The standard InChI is InChI=1S/C7H10BrN/c1-5-4-6(8)2-3-7(5)9/h4H,2-3,9H2,1H3. The van der Waals surface area contributed by atoms with Gasteiger partial charge in [0.25, 0.3) is 0 Å². The van der Waals surface area contributed by atoms with E-state index in [1.807, 2.05) is 6.92 Å². The zero-order valence-corrected chi connectivity index (χ0v) is 7.03. The second-order valence-corrected chi connectivity index (χ2v) is 3.32. The third kappa shape index (κ3) is 1.58. The van der Waals surface area contributed by atoms with Crippen LogP contribution in [0.5, 0.6) is 0 Å². The molecule has 0 spiro atoms. The van der Waals surface area contributed by atoms with E-state index >= 15 is 0 Å². The molecule has 0 radical (unpaired) electrons. The van der Waals surface area contributed by atoms with Crippen molar-refractivity contribution in [1.29, 1.82) is 0 Å². The fraction of sp³-hybridized carbons (Fsp3) is 0.429. The van der Waals surface area contributed by atoms with Gasteiger partial charge in [-0.15, -0.1) is 0 Å². The van der Waals surface area contributed by atoms with Crippen molar-refractivity contribution in [3.05, 3.63) is 21.8 Å². The van der Waals surface area contributed by atoms with Gasteiger partial charge in [0.2, 0.25) is 0 Å². The Balaban J connectivity index is 2.83. The van der Waals surface area contributed by atoms with Crippen LogP contribution in [0.2, 0.25) is 0 Å². The Hall–Kier alpha value is -0.240. The highest BCUT2D eigenvalue weighted by molar-refractivity contribution is 9.11. The number of hydrogen-bond acceptors (Lipinski definition) is 1. The van der Waals surface area contributed by atoms with Crippen LogP contribution in [0.1, 0.15) is 19.8 Å². The minimum atomic E-state index is 1.00. The first-order valence-corrected chi connectivity index (χ1v) is 3.81. The van der Waals surface area contributed by atoms with Crippen LogP contribution in [0.15, 0.2) is 21.8 Å². The molecule has 0 saturated heterocycles. The van der Waals surface area contributed by atoms with Gasteiger partial charge in [-0.3, -0.25) is 0 Å². The molecule has 1 nitrogen and oxygen atoms in total. The third-order valence-electron chi connectivity index (χ3n) is 1.51. The Morgan fingerprint density at radius 1 is 1.56 bits per heavy atom. The zero-order valence-electron chi connectivity index (χ0n) is 5.45. The summed E-state index contributed by atoms with van der Waals surface area (Å²) < 4.78 is 1.26. The molecular formula is C7H10BrN. The molecule has 0 aromatic heterocycles. The van der Waals surface area contributed by atoms with Gasteiger partial charge in [-0.25, -0.2) is 0 Å². The van der Waals surface area contributed by atoms with Gasteiger partial charge < -0.3 is 5.73 Å². The smallest absolute Gasteiger partial charge is 0.0114 e. The molecular weight excluding hydrogens is 178 g/mol. The van der Waals surface area contributed by atoms with Crippen LogP contribution in [0.4, 0.5) is 0 Å². The topological polar surface area (TPSA) is 26.0 Å². The van der Waals surface area contributed by atoms with Gasteiger partial charge in [0.1, 0.15) is 0 Å². The maximum atomic E-state index is 5.65. The van der Waals surface area contributed by atoms with Gasteiger partial charge >= 0.3 is 0 Å². The molecule has 2 heteroatoms. The first kappa shape index (κ1) is 6.87. The summed E-state index contributed by atoms with van der Waals surface area (Å²) in [6, 6.07) is 0. The molecule has 0 atom stereocenters. The molecule has 0 fully saturated rings. The largest absolute Gasteiger partial charge is 0.402 e. The fourth-order valence-corrected chi connectivity index (χ4v) is 1.39. The summed E-state index contributed by atoms with van der Waals surface area (Å²) in [5.74, 6) is 0. The molecule has 0 amide bonds. The minimum Gasteiger partial charge on any atom is -0.402 e. The predicted molar refractivity (Wildman–Crippen MR) is 43.1 cm³/mol. The van der Waals surface area contributed by atoms with Crippen molar-refractivity contribution in [2.45, 2.75) is 19.8 Å². The molecule has 50 valence electrons. The van der Waals surface area contributed by atoms with E-state index in [4.69, 9.17) is 5.73 Å². The number of halogens is 1. The van der Waals surface area contributed by atoms with Gasteiger partial charge in [0.05, 0.1) is 0 Å². The van der Waals surface area contributed by atoms with Gasteiger partial charge in [-0.05, 0) is 35.9 Å². The van der Waals surface area contributed by atoms with E-state index in [1.54, 1.807) is 0 Å².